The summed E-state index contributed by atoms with van der Waals surface area (Å²) in [6.45, 7) is 0.749. The molecule has 0 radical (unpaired) electrons. The van der Waals surface area contributed by atoms with Gasteiger partial charge in [-0.1, -0.05) is 53.2 Å². The van der Waals surface area contributed by atoms with Crippen LogP contribution in [0, 0.1) is 5.92 Å². The zero-order valence-electron chi connectivity index (χ0n) is 10.9. The van der Waals surface area contributed by atoms with Crippen molar-refractivity contribution in [2.45, 2.75) is 38.5 Å². The zero-order chi connectivity index (χ0) is 13.7. The van der Waals surface area contributed by atoms with Gasteiger partial charge in [-0.15, -0.1) is 0 Å². The van der Waals surface area contributed by atoms with Gasteiger partial charge >= 0.3 is 0 Å². The Hall–Kier alpha value is -0.540. The van der Waals surface area contributed by atoms with Crippen molar-refractivity contribution in [2.75, 3.05) is 6.54 Å². The molecule has 0 bridgehead atoms. The first-order chi connectivity index (χ1) is 9.15. The molecule has 0 heterocycles. The molecule has 1 aliphatic rings. The third-order valence-electron chi connectivity index (χ3n) is 3.67. The minimum absolute atomic E-state index is 0.0466. The molecule has 0 aromatic heterocycles. The molecule has 1 fully saturated rings. The SMILES string of the molecule is O=C(NCCCC1CCCC1)c1cc(Cl)cc(Br)c1. The Morgan fingerprint density at radius 2 is 2.05 bits per heavy atom. The molecule has 0 unspecified atom stereocenters. The Bertz CT molecular complexity index is 424. The van der Waals surface area contributed by atoms with Crippen LogP contribution in [0.25, 0.3) is 0 Å². The van der Waals surface area contributed by atoms with Gasteiger partial charge in [-0.3, -0.25) is 4.79 Å². The molecule has 2 nitrogen and oxygen atoms in total. The molecule has 1 amide bonds. The molecule has 19 heavy (non-hydrogen) atoms. The number of carbonyl (C=O) groups is 1. The number of nitrogens with one attached hydrogen (secondary N) is 1. The highest BCUT2D eigenvalue weighted by Crippen LogP contribution is 2.28. The van der Waals surface area contributed by atoms with Crippen LogP contribution in [0.4, 0.5) is 0 Å². The third-order valence-corrected chi connectivity index (χ3v) is 4.35. The third kappa shape index (κ3) is 4.81. The van der Waals surface area contributed by atoms with Crippen LogP contribution in [0.1, 0.15) is 48.9 Å². The Morgan fingerprint density at radius 3 is 2.74 bits per heavy atom. The van der Waals surface area contributed by atoms with Gasteiger partial charge in [0.2, 0.25) is 0 Å². The Labute approximate surface area is 128 Å². The van der Waals surface area contributed by atoms with E-state index in [4.69, 9.17) is 11.6 Å². The summed E-state index contributed by atoms with van der Waals surface area (Å²) in [5.41, 5.74) is 0.611. The van der Waals surface area contributed by atoms with E-state index in [1.54, 1.807) is 18.2 Å². The molecule has 1 aliphatic carbocycles. The molecule has 104 valence electrons. The van der Waals surface area contributed by atoms with Crippen LogP contribution in [-0.2, 0) is 0 Å². The van der Waals surface area contributed by atoms with Crippen molar-refractivity contribution in [3.05, 3.63) is 33.3 Å². The highest BCUT2D eigenvalue weighted by Gasteiger charge is 2.14. The number of carbonyl (C=O) groups excluding carboxylic acids is 1. The van der Waals surface area contributed by atoms with E-state index < -0.39 is 0 Å². The Kier molecular flexibility index (Phi) is 5.71. The number of hydrogen-bond acceptors (Lipinski definition) is 1. The zero-order valence-corrected chi connectivity index (χ0v) is 13.3. The first-order valence-electron chi connectivity index (χ1n) is 6.89. The number of benzene rings is 1. The van der Waals surface area contributed by atoms with E-state index in [0.717, 1.165) is 23.4 Å². The van der Waals surface area contributed by atoms with Crippen molar-refractivity contribution in [2.24, 2.45) is 5.92 Å². The number of halogens is 2. The predicted octanol–water partition coefficient (Wildman–Crippen LogP) is 4.80. The number of rotatable bonds is 5. The fourth-order valence-corrected chi connectivity index (χ4v) is 3.54. The number of hydrogen-bond donors (Lipinski definition) is 1. The molecule has 0 spiro atoms. The van der Waals surface area contributed by atoms with E-state index in [1.165, 1.54) is 32.1 Å². The van der Waals surface area contributed by atoms with Crippen LogP contribution in [-0.4, -0.2) is 12.5 Å². The van der Waals surface area contributed by atoms with Gasteiger partial charge in [0.15, 0.2) is 0 Å². The average molecular weight is 345 g/mol. The maximum absolute atomic E-state index is 12.0. The maximum Gasteiger partial charge on any atom is 0.251 e. The second-order valence-corrected chi connectivity index (χ2v) is 6.56. The van der Waals surface area contributed by atoms with Crippen LogP contribution in [0.15, 0.2) is 22.7 Å². The summed E-state index contributed by atoms with van der Waals surface area (Å²) in [7, 11) is 0. The second-order valence-electron chi connectivity index (χ2n) is 5.21. The Morgan fingerprint density at radius 1 is 1.32 bits per heavy atom. The molecule has 2 rings (SSSR count). The Balaban J connectivity index is 1.74. The quantitative estimate of drug-likeness (QED) is 0.764. The van der Waals surface area contributed by atoms with Gasteiger partial charge in [0, 0.05) is 21.6 Å². The minimum Gasteiger partial charge on any atom is -0.352 e. The smallest absolute Gasteiger partial charge is 0.251 e. The van der Waals surface area contributed by atoms with Crippen LogP contribution in [0.3, 0.4) is 0 Å². The highest BCUT2D eigenvalue weighted by atomic mass is 79.9. The normalized spacial score (nSPS) is 15.7. The summed E-state index contributed by atoms with van der Waals surface area (Å²) in [4.78, 5) is 12.0. The predicted molar refractivity (Wildman–Crippen MR) is 82.7 cm³/mol. The topological polar surface area (TPSA) is 29.1 Å². The summed E-state index contributed by atoms with van der Waals surface area (Å²) in [6.07, 6.45) is 7.81. The van der Waals surface area contributed by atoms with E-state index in [-0.39, 0.29) is 5.91 Å². The number of amides is 1. The average Bonchev–Trinajstić information content (AvgIpc) is 2.86. The van der Waals surface area contributed by atoms with Gasteiger partial charge in [-0.05, 0) is 37.0 Å². The van der Waals surface area contributed by atoms with Gasteiger partial charge in [0.25, 0.3) is 5.91 Å². The molecule has 0 saturated heterocycles. The molecule has 1 aromatic carbocycles. The van der Waals surface area contributed by atoms with Crippen molar-refractivity contribution in [3.63, 3.8) is 0 Å². The monoisotopic (exact) mass is 343 g/mol. The lowest BCUT2D eigenvalue weighted by Crippen LogP contribution is -2.24. The fourth-order valence-electron chi connectivity index (χ4n) is 2.68. The molecule has 0 atom stereocenters. The lowest BCUT2D eigenvalue weighted by molar-refractivity contribution is 0.0952. The lowest BCUT2D eigenvalue weighted by Gasteiger charge is -2.09. The standard InChI is InChI=1S/C15H19BrClNO/c16-13-8-12(9-14(17)10-13)15(19)18-7-3-6-11-4-1-2-5-11/h8-11H,1-7H2,(H,18,19). The van der Waals surface area contributed by atoms with Crippen molar-refractivity contribution in [1.29, 1.82) is 0 Å². The van der Waals surface area contributed by atoms with E-state index in [9.17, 15) is 4.79 Å². The maximum atomic E-state index is 12.0. The summed E-state index contributed by atoms with van der Waals surface area (Å²) in [6, 6.07) is 5.26. The van der Waals surface area contributed by atoms with Gasteiger partial charge in [-0.25, -0.2) is 0 Å². The fraction of sp³-hybridized carbons (Fsp3) is 0.533. The molecule has 1 saturated carbocycles. The van der Waals surface area contributed by atoms with E-state index in [1.807, 2.05) is 0 Å². The van der Waals surface area contributed by atoms with Crippen LogP contribution in [0.2, 0.25) is 5.02 Å². The van der Waals surface area contributed by atoms with Crippen LogP contribution >= 0.6 is 27.5 Å². The first kappa shape index (κ1) is 14.9. The summed E-state index contributed by atoms with van der Waals surface area (Å²) in [5.74, 6) is 0.840. The van der Waals surface area contributed by atoms with Crippen molar-refractivity contribution in [3.8, 4) is 0 Å². The molecule has 4 heteroatoms. The van der Waals surface area contributed by atoms with Crippen LogP contribution < -0.4 is 5.32 Å². The summed E-state index contributed by atoms with van der Waals surface area (Å²) < 4.78 is 0.830. The van der Waals surface area contributed by atoms with E-state index in [2.05, 4.69) is 21.2 Å². The molecule has 1 aromatic rings. The molecular weight excluding hydrogens is 326 g/mol. The van der Waals surface area contributed by atoms with Gasteiger partial charge in [-0.2, -0.15) is 0 Å². The largest absolute Gasteiger partial charge is 0.352 e. The molecule has 1 N–H and O–H groups in total. The van der Waals surface area contributed by atoms with E-state index in [0.29, 0.717) is 10.6 Å². The van der Waals surface area contributed by atoms with Gasteiger partial charge in [0.05, 0.1) is 0 Å². The molecule has 0 aliphatic heterocycles. The van der Waals surface area contributed by atoms with Crippen molar-refractivity contribution < 1.29 is 4.79 Å². The van der Waals surface area contributed by atoms with Gasteiger partial charge < -0.3 is 5.32 Å². The second kappa shape index (κ2) is 7.30. The van der Waals surface area contributed by atoms with E-state index >= 15 is 0 Å². The van der Waals surface area contributed by atoms with Crippen molar-refractivity contribution >= 4 is 33.4 Å². The first-order valence-corrected chi connectivity index (χ1v) is 8.06. The van der Waals surface area contributed by atoms with Gasteiger partial charge in [0.1, 0.15) is 0 Å². The highest BCUT2D eigenvalue weighted by molar-refractivity contribution is 9.10. The van der Waals surface area contributed by atoms with Crippen molar-refractivity contribution in [1.82, 2.24) is 5.32 Å². The lowest BCUT2D eigenvalue weighted by atomic mass is 10.0. The minimum atomic E-state index is -0.0466. The summed E-state index contributed by atoms with van der Waals surface area (Å²) >= 11 is 9.27. The summed E-state index contributed by atoms with van der Waals surface area (Å²) in [5, 5.41) is 3.53. The van der Waals surface area contributed by atoms with Crippen LogP contribution in [0.5, 0.6) is 0 Å². The molecular formula is C15H19BrClNO.